The Kier molecular flexibility index (Phi) is 4.67. The van der Waals surface area contributed by atoms with Gasteiger partial charge < -0.3 is 24.4 Å². The molecule has 0 spiro atoms. The number of nitrogens with one attached hydrogen (secondary N) is 1. The number of ether oxygens (including phenoxy) is 3. The molecule has 1 unspecified atom stereocenters. The molecular weight excluding hydrogens is 382 g/mol. The average molecular weight is 399 g/mol. The molecule has 0 radical (unpaired) electrons. The topological polar surface area (TPSA) is 120 Å². The quantitative estimate of drug-likeness (QED) is 0.605. The molecule has 1 N–H and O–H groups in total. The minimum Gasteiger partial charge on any atom is -0.490 e. The van der Waals surface area contributed by atoms with Crippen LogP contribution in [-0.4, -0.2) is 37.2 Å². The fraction of sp³-hybridized carbons (Fsp3) is 0.263. The zero-order valence-corrected chi connectivity index (χ0v) is 15.4. The highest BCUT2D eigenvalue weighted by atomic mass is 16.7. The molecular formula is C19H17N3O7. The van der Waals surface area contributed by atoms with Crippen molar-refractivity contribution in [2.24, 2.45) is 5.92 Å². The zero-order valence-electron chi connectivity index (χ0n) is 15.4. The molecule has 2 aliphatic heterocycles. The Morgan fingerprint density at radius 3 is 2.79 bits per heavy atom. The maximum atomic E-state index is 12.6. The molecule has 10 heteroatoms. The van der Waals surface area contributed by atoms with E-state index in [4.69, 9.17) is 14.2 Å². The zero-order chi connectivity index (χ0) is 20.5. The Morgan fingerprint density at radius 2 is 2.03 bits per heavy atom. The molecule has 10 nitrogen and oxygen atoms in total. The van der Waals surface area contributed by atoms with E-state index in [1.807, 2.05) is 0 Å². The molecule has 4 rings (SSSR count). The van der Waals surface area contributed by atoms with Crippen LogP contribution in [0.15, 0.2) is 36.4 Å². The van der Waals surface area contributed by atoms with Crippen LogP contribution in [0.5, 0.6) is 17.2 Å². The summed E-state index contributed by atoms with van der Waals surface area (Å²) in [6, 6.07) is 9.30. The highest BCUT2D eigenvalue weighted by Crippen LogP contribution is 2.37. The second-order valence-electron chi connectivity index (χ2n) is 6.58. The van der Waals surface area contributed by atoms with E-state index in [-0.39, 0.29) is 48.7 Å². The van der Waals surface area contributed by atoms with Crippen LogP contribution in [0.4, 0.5) is 17.1 Å². The summed E-state index contributed by atoms with van der Waals surface area (Å²) in [7, 11) is 1.33. The SMILES string of the molecule is COc1ccc(NC(=O)C2CC(=O)N(c3ccc4c(c3)OCO4)C2)cc1[N+](=O)[O-]. The van der Waals surface area contributed by atoms with Gasteiger partial charge in [-0.3, -0.25) is 19.7 Å². The molecule has 0 aliphatic carbocycles. The number of nitro groups is 1. The van der Waals surface area contributed by atoms with E-state index in [1.54, 1.807) is 18.2 Å². The maximum absolute atomic E-state index is 12.6. The highest BCUT2D eigenvalue weighted by Gasteiger charge is 2.36. The van der Waals surface area contributed by atoms with Crippen molar-refractivity contribution in [1.29, 1.82) is 0 Å². The van der Waals surface area contributed by atoms with Crippen molar-refractivity contribution >= 4 is 28.9 Å². The van der Waals surface area contributed by atoms with E-state index in [9.17, 15) is 19.7 Å². The summed E-state index contributed by atoms with van der Waals surface area (Å²) in [6.07, 6.45) is 0.0402. The molecule has 1 atom stereocenters. The van der Waals surface area contributed by atoms with E-state index in [0.29, 0.717) is 17.2 Å². The molecule has 0 aromatic heterocycles. The van der Waals surface area contributed by atoms with Gasteiger partial charge in [-0.25, -0.2) is 0 Å². The lowest BCUT2D eigenvalue weighted by molar-refractivity contribution is -0.385. The van der Waals surface area contributed by atoms with E-state index in [0.717, 1.165) is 0 Å². The first-order chi connectivity index (χ1) is 14.0. The van der Waals surface area contributed by atoms with Crippen molar-refractivity contribution in [3.05, 3.63) is 46.5 Å². The Morgan fingerprint density at radius 1 is 1.24 bits per heavy atom. The van der Waals surface area contributed by atoms with Gasteiger partial charge in [-0.2, -0.15) is 0 Å². The lowest BCUT2D eigenvalue weighted by atomic mass is 10.1. The van der Waals surface area contributed by atoms with E-state index in [1.165, 1.54) is 30.2 Å². The highest BCUT2D eigenvalue weighted by molar-refractivity contribution is 6.03. The van der Waals surface area contributed by atoms with Crippen LogP contribution in [0.1, 0.15) is 6.42 Å². The van der Waals surface area contributed by atoms with Crippen molar-refractivity contribution in [2.45, 2.75) is 6.42 Å². The van der Waals surface area contributed by atoms with Crippen molar-refractivity contribution in [3.8, 4) is 17.2 Å². The van der Waals surface area contributed by atoms with Crippen LogP contribution in [0.25, 0.3) is 0 Å². The van der Waals surface area contributed by atoms with Gasteiger partial charge in [0.05, 0.1) is 18.0 Å². The van der Waals surface area contributed by atoms with Crippen molar-refractivity contribution < 1.29 is 28.7 Å². The smallest absolute Gasteiger partial charge is 0.312 e. The molecule has 29 heavy (non-hydrogen) atoms. The number of carbonyl (C=O) groups excluding carboxylic acids is 2. The normalized spacial score (nSPS) is 17.3. The standard InChI is InChI=1S/C19H17N3O7/c1-27-15-4-2-12(7-14(15)22(25)26)20-19(24)11-6-18(23)21(9-11)13-3-5-16-17(8-13)29-10-28-16/h2-5,7-8,11H,6,9-10H2,1H3,(H,20,24). The first-order valence-corrected chi connectivity index (χ1v) is 8.79. The largest absolute Gasteiger partial charge is 0.490 e. The summed E-state index contributed by atoms with van der Waals surface area (Å²) in [5.74, 6) is 0.0856. The van der Waals surface area contributed by atoms with E-state index >= 15 is 0 Å². The predicted molar refractivity (Wildman–Crippen MR) is 101 cm³/mol. The number of methoxy groups -OCH3 is 1. The van der Waals surface area contributed by atoms with E-state index < -0.39 is 10.8 Å². The van der Waals surface area contributed by atoms with Crippen LogP contribution >= 0.6 is 0 Å². The number of anilines is 2. The Labute approximate surface area is 165 Å². The molecule has 2 aliphatic rings. The van der Waals surface area contributed by atoms with Gasteiger partial charge in [0.15, 0.2) is 17.2 Å². The summed E-state index contributed by atoms with van der Waals surface area (Å²) in [5, 5.41) is 13.8. The van der Waals surface area contributed by atoms with E-state index in [2.05, 4.69) is 5.32 Å². The summed E-state index contributed by atoms with van der Waals surface area (Å²) in [4.78, 5) is 37.1. The third-order valence-electron chi connectivity index (χ3n) is 4.81. The monoisotopic (exact) mass is 399 g/mol. The second kappa shape index (κ2) is 7.30. The Balaban J connectivity index is 1.47. The minimum atomic E-state index is -0.589. The summed E-state index contributed by atoms with van der Waals surface area (Å²) < 4.78 is 15.5. The number of nitro benzene ring substituents is 1. The van der Waals surface area contributed by atoms with Crippen LogP contribution in [0.2, 0.25) is 0 Å². The third-order valence-corrected chi connectivity index (χ3v) is 4.81. The second-order valence-corrected chi connectivity index (χ2v) is 6.58. The number of hydrogen-bond donors (Lipinski definition) is 1. The molecule has 0 bridgehead atoms. The molecule has 2 aromatic rings. The number of amides is 2. The number of benzene rings is 2. The summed E-state index contributed by atoms with van der Waals surface area (Å²) in [6.45, 7) is 0.328. The number of carbonyl (C=O) groups is 2. The van der Waals surface area contributed by atoms with Gasteiger partial charge in [-0.1, -0.05) is 0 Å². The fourth-order valence-electron chi connectivity index (χ4n) is 3.34. The predicted octanol–water partition coefficient (Wildman–Crippen LogP) is 2.32. The van der Waals surface area contributed by atoms with Crippen LogP contribution < -0.4 is 24.4 Å². The minimum absolute atomic E-state index is 0.0402. The molecule has 150 valence electrons. The molecule has 2 amide bonds. The van der Waals surface area contributed by atoms with Gasteiger partial charge in [0.1, 0.15) is 0 Å². The number of rotatable bonds is 5. The van der Waals surface area contributed by atoms with Crippen molar-refractivity contribution in [1.82, 2.24) is 0 Å². The maximum Gasteiger partial charge on any atom is 0.312 e. The molecule has 2 heterocycles. The van der Waals surface area contributed by atoms with Gasteiger partial charge >= 0.3 is 5.69 Å². The lowest BCUT2D eigenvalue weighted by Crippen LogP contribution is -2.28. The number of hydrogen-bond acceptors (Lipinski definition) is 7. The first-order valence-electron chi connectivity index (χ1n) is 8.79. The Bertz CT molecular complexity index is 1010. The van der Waals surface area contributed by atoms with Gasteiger partial charge in [0.2, 0.25) is 18.6 Å². The third kappa shape index (κ3) is 3.51. The first kappa shape index (κ1) is 18.5. The molecule has 2 aromatic carbocycles. The fourth-order valence-corrected chi connectivity index (χ4v) is 3.34. The number of fused-ring (bicyclic) bond motifs is 1. The lowest BCUT2D eigenvalue weighted by Gasteiger charge is -2.17. The van der Waals surface area contributed by atoms with Crippen LogP contribution in [0, 0.1) is 16.0 Å². The van der Waals surface area contributed by atoms with Crippen molar-refractivity contribution in [2.75, 3.05) is 30.7 Å². The summed E-state index contributed by atoms with van der Waals surface area (Å²) in [5.41, 5.74) is 0.626. The molecule has 1 fully saturated rings. The van der Waals surface area contributed by atoms with Crippen LogP contribution in [-0.2, 0) is 9.59 Å². The van der Waals surface area contributed by atoms with Crippen LogP contribution in [0.3, 0.4) is 0 Å². The number of nitrogens with zero attached hydrogens (tertiary/aromatic N) is 2. The van der Waals surface area contributed by atoms with Gasteiger partial charge in [0.25, 0.3) is 0 Å². The molecule has 0 saturated carbocycles. The van der Waals surface area contributed by atoms with Gasteiger partial charge in [-0.15, -0.1) is 0 Å². The van der Waals surface area contributed by atoms with Gasteiger partial charge in [0, 0.05) is 36.5 Å². The Hall–Kier alpha value is -3.82. The average Bonchev–Trinajstić information content (AvgIpc) is 3.33. The molecule has 1 saturated heterocycles. The summed E-state index contributed by atoms with van der Waals surface area (Å²) >= 11 is 0. The van der Waals surface area contributed by atoms with Gasteiger partial charge in [-0.05, 0) is 24.3 Å². The van der Waals surface area contributed by atoms with Crippen molar-refractivity contribution in [3.63, 3.8) is 0 Å².